The standard InChI is InChI=1S/C20H8O4/c21-13-5-1-9-10-2-6-15(23)20-16(24)8-4-12(18(10)20)11-3-7-14(22)19(13)17(9)11/h1-8H. The fourth-order valence-corrected chi connectivity index (χ4v) is 3.77. The predicted octanol–water partition coefficient (Wildman–Crippen LogP) is 1.20. The Bertz CT molecular complexity index is 1380. The summed E-state index contributed by atoms with van der Waals surface area (Å²) in [6.45, 7) is 0. The van der Waals surface area contributed by atoms with Gasteiger partial charge < -0.3 is 0 Å². The maximum absolute atomic E-state index is 12.2. The van der Waals surface area contributed by atoms with Gasteiger partial charge in [-0.2, -0.15) is 0 Å². The molecule has 1 aromatic carbocycles. The van der Waals surface area contributed by atoms with Crippen LogP contribution in [0, 0.1) is 20.9 Å². The molecule has 0 saturated carbocycles. The average molecular weight is 312 g/mol. The Morgan fingerprint density at radius 2 is 0.583 bits per heavy atom. The second-order valence-corrected chi connectivity index (χ2v) is 5.95. The molecule has 4 nitrogen and oxygen atoms in total. The van der Waals surface area contributed by atoms with Gasteiger partial charge in [0, 0.05) is 10.4 Å². The lowest BCUT2D eigenvalue weighted by Gasteiger charge is -2.09. The van der Waals surface area contributed by atoms with Crippen LogP contribution < -0.4 is 21.7 Å². The smallest absolute Gasteiger partial charge is 0.190 e. The molecule has 0 bridgehead atoms. The van der Waals surface area contributed by atoms with Crippen molar-refractivity contribution in [1.82, 2.24) is 0 Å². The highest BCUT2D eigenvalue weighted by Crippen LogP contribution is 2.26. The maximum Gasteiger partial charge on any atom is 0.190 e. The van der Waals surface area contributed by atoms with E-state index < -0.39 is 0 Å². The number of benzene rings is 1. The summed E-state index contributed by atoms with van der Waals surface area (Å²) in [6, 6.07) is 12.1. The van der Waals surface area contributed by atoms with Gasteiger partial charge in [-0.1, -0.05) is 0 Å². The highest BCUT2D eigenvalue weighted by Gasteiger charge is 2.14. The zero-order valence-corrected chi connectivity index (χ0v) is 12.3. The molecular weight excluding hydrogens is 304 g/mol. The van der Waals surface area contributed by atoms with Crippen LogP contribution in [-0.4, -0.2) is 0 Å². The van der Waals surface area contributed by atoms with Crippen molar-refractivity contribution in [3.63, 3.8) is 0 Å². The molecular formula is C20H8O4. The zero-order valence-electron chi connectivity index (χ0n) is 12.3. The molecule has 0 N–H and O–H groups in total. The Balaban J connectivity index is 2.48. The van der Waals surface area contributed by atoms with E-state index in [9.17, 15) is 19.2 Å². The molecule has 0 heterocycles. The third kappa shape index (κ3) is 1.38. The quantitative estimate of drug-likeness (QED) is 0.431. The molecule has 0 radical (unpaired) electrons. The Morgan fingerprint density at radius 3 is 0.833 bits per heavy atom. The van der Waals surface area contributed by atoms with Crippen molar-refractivity contribution >= 4 is 21.5 Å². The topological polar surface area (TPSA) is 68.3 Å². The third-order valence-corrected chi connectivity index (χ3v) is 4.75. The van der Waals surface area contributed by atoms with Gasteiger partial charge in [-0.15, -0.1) is 0 Å². The van der Waals surface area contributed by atoms with Crippen molar-refractivity contribution in [2.24, 2.45) is 0 Å². The number of hydrogen-bond donors (Lipinski definition) is 0. The summed E-state index contributed by atoms with van der Waals surface area (Å²) in [5, 5.41) is 4.34. The molecule has 24 heavy (non-hydrogen) atoms. The summed E-state index contributed by atoms with van der Waals surface area (Å²) in [6.07, 6.45) is 0. The second kappa shape index (κ2) is 4.11. The normalized spacial score (nSPS) is 12.0. The summed E-state index contributed by atoms with van der Waals surface area (Å²) < 4.78 is 0. The van der Waals surface area contributed by atoms with Gasteiger partial charge in [0.1, 0.15) is 0 Å². The largest absolute Gasteiger partial charge is 0.289 e. The molecule has 112 valence electrons. The van der Waals surface area contributed by atoms with Gasteiger partial charge in [0.15, 0.2) is 21.7 Å². The lowest BCUT2D eigenvalue weighted by Crippen LogP contribution is -2.17. The summed E-state index contributed by atoms with van der Waals surface area (Å²) in [4.78, 5) is 48.8. The first-order valence-electron chi connectivity index (χ1n) is 7.46. The Morgan fingerprint density at radius 1 is 0.333 bits per heavy atom. The van der Waals surface area contributed by atoms with Crippen LogP contribution >= 0.6 is 0 Å². The molecule has 0 fully saturated rings. The number of hydrogen-bond acceptors (Lipinski definition) is 4. The van der Waals surface area contributed by atoms with Gasteiger partial charge in [-0.05, 0) is 70.1 Å². The van der Waals surface area contributed by atoms with E-state index in [2.05, 4.69) is 0 Å². The molecule has 5 rings (SSSR count). The van der Waals surface area contributed by atoms with Crippen LogP contribution in [0.4, 0.5) is 0 Å². The van der Waals surface area contributed by atoms with E-state index >= 15 is 0 Å². The van der Waals surface area contributed by atoms with Gasteiger partial charge in [-0.25, -0.2) is 0 Å². The first-order valence-corrected chi connectivity index (χ1v) is 7.46. The number of rotatable bonds is 0. The van der Waals surface area contributed by atoms with Crippen molar-refractivity contribution in [1.29, 1.82) is 0 Å². The van der Waals surface area contributed by atoms with Crippen LogP contribution in [0.25, 0.3) is 21.5 Å². The molecule has 0 aromatic heterocycles. The van der Waals surface area contributed by atoms with Crippen molar-refractivity contribution in [2.45, 2.75) is 0 Å². The Labute approximate surface area is 132 Å². The van der Waals surface area contributed by atoms with Crippen LogP contribution in [0.5, 0.6) is 0 Å². The number of fused-ring (bicyclic) bond motifs is 2. The van der Waals surface area contributed by atoms with E-state index in [1.165, 1.54) is 24.3 Å². The van der Waals surface area contributed by atoms with Crippen molar-refractivity contribution in [3.05, 3.63) is 110 Å². The minimum atomic E-state index is -0.318. The third-order valence-electron chi connectivity index (χ3n) is 4.75. The summed E-state index contributed by atoms with van der Waals surface area (Å²) in [7, 11) is 0. The van der Waals surface area contributed by atoms with Gasteiger partial charge >= 0.3 is 0 Å². The summed E-state index contributed by atoms with van der Waals surface area (Å²) in [5.41, 5.74) is -1.27. The van der Waals surface area contributed by atoms with Gasteiger partial charge in [-0.3, -0.25) is 19.2 Å². The van der Waals surface area contributed by atoms with E-state index in [0.717, 1.165) is 0 Å². The molecule has 4 aliphatic rings. The lowest BCUT2D eigenvalue weighted by molar-refractivity contribution is 1.37. The molecule has 0 atom stereocenters. The summed E-state index contributed by atoms with van der Waals surface area (Å²) >= 11 is 0. The van der Waals surface area contributed by atoms with Crippen LogP contribution in [0.1, 0.15) is 0 Å². The van der Waals surface area contributed by atoms with Crippen molar-refractivity contribution < 1.29 is 0 Å². The van der Waals surface area contributed by atoms with E-state index in [0.29, 0.717) is 32.0 Å². The lowest BCUT2D eigenvalue weighted by atomic mass is 9.93. The molecule has 0 amide bonds. The van der Waals surface area contributed by atoms with Gasteiger partial charge in [0.2, 0.25) is 0 Å². The van der Waals surface area contributed by atoms with E-state index in [-0.39, 0.29) is 32.2 Å². The van der Waals surface area contributed by atoms with Gasteiger partial charge in [0.05, 0.1) is 10.4 Å². The highest BCUT2D eigenvalue weighted by molar-refractivity contribution is 6.00. The molecule has 0 saturated heterocycles. The van der Waals surface area contributed by atoms with Crippen LogP contribution in [0.3, 0.4) is 0 Å². The second-order valence-electron chi connectivity index (χ2n) is 5.95. The van der Waals surface area contributed by atoms with Gasteiger partial charge in [0.25, 0.3) is 0 Å². The molecule has 1 aromatic rings. The molecule has 4 aliphatic carbocycles. The Hall–Kier alpha value is -3.40. The van der Waals surface area contributed by atoms with Crippen molar-refractivity contribution in [3.8, 4) is 0 Å². The van der Waals surface area contributed by atoms with E-state index in [4.69, 9.17) is 0 Å². The van der Waals surface area contributed by atoms with Crippen LogP contribution in [0.15, 0.2) is 67.7 Å². The zero-order chi connectivity index (χ0) is 16.6. The van der Waals surface area contributed by atoms with E-state index in [1.54, 1.807) is 24.3 Å². The maximum atomic E-state index is 12.2. The minimum absolute atomic E-state index is 0.154. The first kappa shape index (κ1) is 13.1. The van der Waals surface area contributed by atoms with E-state index in [1.807, 2.05) is 0 Å². The minimum Gasteiger partial charge on any atom is -0.289 e. The van der Waals surface area contributed by atoms with Crippen LogP contribution in [-0.2, 0) is 0 Å². The van der Waals surface area contributed by atoms with Crippen molar-refractivity contribution in [2.75, 3.05) is 0 Å². The fourth-order valence-electron chi connectivity index (χ4n) is 3.77. The molecule has 4 heteroatoms. The predicted molar refractivity (Wildman–Crippen MR) is 90.7 cm³/mol. The SMILES string of the molecule is O=c1ccc2c3c(ccc(=O)c1=3)c1ccc(=O)c3c(=O)ccc2c1=3. The average Bonchev–Trinajstić information content (AvgIpc) is 2.57. The summed E-state index contributed by atoms with van der Waals surface area (Å²) in [5.74, 6) is 0. The fraction of sp³-hybridized carbons (Fsp3) is 0. The first-order chi connectivity index (χ1) is 11.6. The van der Waals surface area contributed by atoms with Crippen LogP contribution in [0.2, 0.25) is 0 Å². The molecule has 0 spiro atoms. The monoisotopic (exact) mass is 312 g/mol. The highest BCUT2D eigenvalue weighted by atomic mass is 16.1. The molecule has 0 aliphatic heterocycles. The molecule has 0 unspecified atom stereocenters. The Kier molecular flexibility index (Phi) is 2.24.